The van der Waals surface area contributed by atoms with Crippen molar-refractivity contribution in [1.82, 2.24) is 10.2 Å². The monoisotopic (exact) mass is 182 g/mol. The third-order valence-corrected chi connectivity index (χ3v) is 3.36. The third kappa shape index (κ3) is 2.96. The summed E-state index contributed by atoms with van der Waals surface area (Å²) < 4.78 is 0. The smallest absolute Gasteiger partial charge is 0.00218 e. The highest BCUT2D eigenvalue weighted by Gasteiger charge is 2.17. The minimum atomic E-state index is 0.937. The van der Waals surface area contributed by atoms with Crippen LogP contribution >= 0.6 is 0 Å². The molecule has 1 atom stereocenters. The van der Waals surface area contributed by atoms with Crippen molar-refractivity contribution in [3.8, 4) is 0 Å². The van der Waals surface area contributed by atoms with Gasteiger partial charge in [-0.2, -0.15) is 0 Å². The number of piperidine rings is 2. The highest BCUT2D eigenvalue weighted by atomic mass is 15.1. The third-order valence-electron chi connectivity index (χ3n) is 3.36. The summed E-state index contributed by atoms with van der Waals surface area (Å²) in [4.78, 5) is 2.67. The Labute approximate surface area is 81.7 Å². The Morgan fingerprint density at radius 2 is 1.92 bits per heavy atom. The molecule has 2 rings (SSSR count). The summed E-state index contributed by atoms with van der Waals surface area (Å²) in [6.45, 7) is 6.58. The van der Waals surface area contributed by atoms with Crippen molar-refractivity contribution in [3.05, 3.63) is 0 Å². The van der Waals surface area contributed by atoms with Crippen LogP contribution in [0.1, 0.15) is 32.1 Å². The second kappa shape index (κ2) is 4.97. The average Bonchev–Trinajstić information content (AvgIpc) is 2.21. The fourth-order valence-electron chi connectivity index (χ4n) is 2.59. The first-order valence-electron chi connectivity index (χ1n) is 5.88. The van der Waals surface area contributed by atoms with Gasteiger partial charge >= 0.3 is 0 Å². The quantitative estimate of drug-likeness (QED) is 0.696. The molecule has 0 aromatic carbocycles. The van der Waals surface area contributed by atoms with Crippen LogP contribution in [-0.4, -0.2) is 37.6 Å². The van der Waals surface area contributed by atoms with E-state index in [1.807, 2.05) is 0 Å². The number of nitrogens with one attached hydrogen (secondary N) is 1. The largest absolute Gasteiger partial charge is 0.316 e. The van der Waals surface area contributed by atoms with Crippen molar-refractivity contribution in [1.29, 1.82) is 0 Å². The molecule has 2 heteroatoms. The van der Waals surface area contributed by atoms with Crippen molar-refractivity contribution in [2.75, 3.05) is 32.7 Å². The van der Waals surface area contributed by atoms with Gasteiger partial charge in [0, 0.05) is 6.54 Å². The van der Waals surface area contributed by atoms with Crippen LogP contribution in [0.3, 0.4) is 0 Å². The Kier molecular flexibility index (Phi) is 3.62. The molecule has 0 aromatic rings. The van der Waals surface area contributed by atoms with Crippen molar-refractivity contribution in [3.63, 3.8) is 0 Å². The normalized spacial score (nSPS) is 31.8. The number of hydrogen-bond donors (Lipinski definition) is 1. The molecule has 2 fully saturated rings. The first kappa shape index (κ1) is 9.47. The Morgan fingerprint density at radius 3 is 2.62 bits per heavy atom. The van der Waals surface area contributed by atoms with E-state index in [2.05, 4.69) is 10.2 Å². The SMILES string of the molecule is C1CCN(C[C@H]2CCCNC2)CC1. The van der Waals surface area contributed by atoms with E-state index < -0.39 is 0 Å². The van der Waals surface area contributed by atoms with Gasteiger partial charge in [0.2, 0.25) is 0 Å². The van der Waals surface area contributed by atoms with E-state index in [0.29, 0.717) is 0 Å². The molecule has 1 N–H and O–H groups in total. The van der Waals surface area contributed by atoms with Gasteiger partial charge in [0.15, 0.2) is 0 Å². The molecule has 76 valence electrons. The highest BCUT2D eigenvalue weighted by molar-refractivity contribution is 4.74. The summed E-state index contributed by atoms with van der Waals surface area (Å²) in [5.41, 5.74) is 0. The predicted octanol–water partition coefficient (Wildman–Crippen LogP) is 1.47. The molecule has 2 heterocycles. The molecule has 0 spiro atoms. The van der Waals surface area contributed by atoms with E-state index in [-0.39, 0.29) is 0 Å². The van der Waals surface area contributed by atoms with Crippen molar-refractivity contribution >= 4 is 0 Å². The summed E-state index contributed by atoms with van der Waals surface area (Å²) in [6, 6.07) is 0. The van der Waals surface area contributed by atoms with Crippen molar-refractivity contribution in [2.24, 2.45) is 5.92 Å². The minimum Gasteiger partial charge on any atom is -0.316 e. The Hall–Kier alpha value is -0.0800. The maximum Gasteiger partial charge on any atom is 0.00218 e. The molecular formula is C11H22N2. The number of likely N-dealkylation sites (tertiary alicyclic amines) is 1. The molecule has 0 bridgehead atoms. The molecule has 0 aliphatic carbocycles. The predicted molar refractivity (Wildman–Crippen MR) is 55.9 cm³/mol. The summed E-state index contributed by atoms with van der Waals surface area (Å²) in [6.07, 6.45) is 7.15. The van der Waals surface area contributed by atoms with Gasteiger partial charge in [-0.05, 0) is 57.8 Å². The lowest BCUT2D eigenvalue weighted by molar-refractivity contribution is 0.180. The van der Waals surface area contributed by atoms with Gasteiger partial charge in [0.1, 0.15) is 0 Å². The van der Waals surface area contributed by atoms with Gasteiger partial charge < -0.3 is 10.2 Å². The number of nitrogens with zero attached hydrogens (tertiary/aromatic N) is 1. The lowest BCUT2D eigenvalue weighted by Gasteiger charge is -2.32. The summed E-state index contributed by atoms with van der Waals surface area (Å²) in [5, 5.41) is 3.50. The van der Waals surface area contributed by atoms with Gasteiger partial charge in [0.25, 0.3) is 0 Å². The Morgan fingerprint density at radius 1 is 1.08 bits per heavy atom. The van der Waals surface area contributed by atoms with E-state index in [4.69, 9.17) is 0 Å². The van der Waals surface area contributed by atoms with Crippen LogP contribution in [0.15, 0.2) is 0 Å². The molecule has 2 nitrogen and oxygen atoms in total. The standard InChI is InChI=1S/C11H22N2/c1-2-7-13(8-3-1)10-11-5-4-6-12-9-11/h11-12H,1-10H2/t11-/m0/s1. The molecule has 0 saturated carbocycles. The van der Waals surface area contributed by atoms with E-state index >= 15 is 0 Å². The average molecular weight is 182 g/mol. The molecule has 0 unspecified atom stereocenters. The van der Waals surface area contributed by atoms with Gasteiger partial charge in [-0.25, -0.2) is 0 Å². The topological polar surface area (TPSA) is 15.3 Å². The summed E-state index contributed by atoms with van der Waals surface area (Å²) in [5.74, 6) is 0.937. The summed E-state index contributed by atoms with van der Waals surface area (Å²) >= 11 is 0. The first-order valence-corrected chi connectivity index (χ1v) is 5.88. The lowest BCUT2D eigenvalue weighted by Crippen LogP contribution is -2.40. The fraction of sp³-hybridized carbons (Fsp3) is 1.00. The van der Waals surface area contributed by atoms with Crippen LogP contribution in [0, 0.1) is 5.92 Å². The van der Waals surface area contributed by atoms with Crippen molar-refractivity contribution in [2.45, 2.75) is 32.1 Å². The van der Waals surface area contributed by atoms with Gasteiger partial charge in [-0.15, -0.1) is 0 Å². The van der Waals surface area contributed by atoms with Gasteiger partial charge in [0.05, 0.1) is 0 Å². The molecule has 13 heavy (non-hydrogen) atoms. The van der Waals surface area contributed by atoms with Crippen LogP contribution in [0.4, 0.5) is 0 Å². The van der Waals surface area contributed by atoms with E-state index in [0.717, 1.165) is 5.92 Å². The van der Waals surface area contributed by atoms with E-state index in [1.165, 1.54) is 64.8 Å². The minimum absolute atomic E-state index is 0.937. The fourth-order valence-corrected chi connectivity index (χ4v) is 2.59. The maximum absolute atomic E-state index is 3.50. The molecular weight excluding hydrogens is 160 g/mol. The molecule has 2 saturated heterocycles. The molecule has 2 aliphatic heterocycles. The molecule has 0 amide bonds. The van der Waals surface area contributed by atoms with Crippen LogP contribution in [0.2, 0.25) is 0 Å². The van der Waals surface area contributed by atoms with Crippen LogP contribution < -0.4 is 5.32 Å². The highest BCUT2D eigenvalue weighted by Crippen LogP contribution is 2.15. The Bertz CT molecular complexity index is 119. The maximum atomic E-state index is 3.50. The zero-order valence-corrected chi connectivity index (χ0v) is 8.60. The van der Waals surface area contributed by atoms with Crippen LogP contribution in [-0.2, 0) is 0 Å². The van der Waals surface area contributed by atoms with Crippen LogP contribution in [0.25, 0.3) is 0 Å². The van der Waals surface area contributed by atoms with E-state index in [1.54, 1.807) is 0 Å². The Balaban J connectivity index is 1.69. The zero-order chi connectivity index (χ0) is 8.93. The van der Waals surface area contributed by atoms with E-state index in [9.17, 15) is 0 Å². The van der Waals surface area contributed by atoms with Crippen LogP contribution in [0.5, 0.6) is 0 Å². The molecule has 2 aliphatic rings. The van der Waals surface area contributed by atoms with Gasteiger partial charge in [-0.3, -0.25) is 0 Å². The molecule has 0 radical (unpaired) electrons. The zero-order valence-electron chi connectivity index (χ0n) is 8.60. The second-order valence-corrected chi connectivity index (χ2v) is 4.57. The second-order valence-electron chi connectivity index (χ2n) is 4.57. The number of hydrogen-bond acceptors (Lipinski definition) is 2. The summed E-state index contributed by atoms with van der Waals surface area (Å²) in [7, 11) is 0. The number of rotatable bonds is 2. The van der Waals surface area contributed by atoms with Gasteiger partial charge in [-0.1, -0.05) is 6.42 Å². The lowest BCUT2D eigenvalue weighted by atomic mass is 9.98. The first-order chi connectivity index (χ1) is 6.45. The van der Waals surface area contributed by atoms with Crippen molar-refractivity contribution < 1.29 is 0 Å². The molecule has 0 aromatic heterocycles.